The number of benzene rings is 1. The van der Waals surface area contributed by atoms with Crippen LogP contribution in [0.4, 0.5) is 4.39 Å². The molecule has 0 aliphatic heterocycles. The first-order valence-electron chi connectivity index (χ1n) is 5.79. The van der Waals surface area contributed by atoms with Crippen molar-refractivity contribution in [2.24, 2.45) is 5.73 Å². The quantitative estimate of drug-likeness (QED) is 0.755. The van der Waals surface area contributed by atoms with E-state index in [2.05, 4.69) is 6.92 Å². The predicted molar refractivity (Wildman–Crippen MR) is 64.2 cm³/mol. The molecule has 3 heteroatoms. The van der Waals surface area contributed by atoms with Gasteiger partial charge in [-0.1, -0.05) is 13.3 Å². The summed E-state index contributed by atoms with van der Waals surface area (Å²) in [5.74, 6) is 0.341. The minimum absolute atomic E-state index is 0.0327. The highest BCUT2D eigenvalue weighted by atomic mass is 19.1. The van der Waals surface area contributed by atoms with Gasteiger partial charge in [-0.2, -0.15) is 0 Å². The summed E-state index contributed by atoms with van der Waals surface area (Å²) >= 11 is 0. The van der Waals surface area contributed by atoms with E-state index in [-0.39, 0.29) is 11.9 Å². The zero-order chi connectivity index (χ0) is 12.0. The lowest BCUT2D eigenvalue weighted by molar-refractivity contribution is 0.307. The first-order valence-corrected chi connectivity index (χ1v) is 5.79. The van der Waals surface area contributed by atoms with Gasteiger partial charge in [0.15, 0.2) is 0 Å². The van der Waals surface area contributed by atoms with Gasteiger partial charge in [0, 0.05) is 12.1 Å². The Kier molecular flexibility index (Phi) is 5.26. The molecule has 1 aromatic carbocycles. The molecule has 0 aromatic heterocycles. The van der Waals surface area contributed by atoms with Crippen LogP contribution in [0, 0.1) is 5.82 Å². The Morgan fingerprint density at radius 2 is 2.12 bits per heavy atom. The molecule has 0 heterocycles. The van der Waals surface area contributed by atoms with Gasteiger partial charge in [-0.25, -0.2) is 4.39 Å². The van der Waals surface area contributed by atoms with Crippen molar-refractivity contribution in [1.29, 1.82) is 0 Å². The van der Waals surface area contributed by atoms with Gasteiger partial charge in [-0.15, -0.1) is 0 Å². The summed E-state index contributed by atoms with van der Waals surface area (Å²) in [6.07, 6.45) is 2.73. The first-order chi connectivity index (χ1) is 7.61. The molecule has 16 heavy (non-hydrogen) atoms. The summed E-state index contributed by atoms with van der Waals surface area (Å²) < 4.78 is 18.7. The van der Waals surface area contributed by atoms with Crippen LogP contribution in [0.2, 0.25) is 0 Å². The van der Waals surface area contributed by atoms with Gasteiger partial charge in [0.1, 0.15) is 11.6 Å². The normalized spacial score (nSPS) is 12.5. The second kappa shape index (κ2) is 6.48. The lowest BCUT2D eigenvalue weighted by Gasteiger charge is -2.09. The molecular formula is C13H20FNO. The number of ether oxygens (including phenoxy) is 1. The van der Waals surface area contributed by atoms with Crippen LogP contribution in [0.5, 0.6) is 5.75 Å². The molecule has 1 rings (SSSR count). The van der Waals surface area contributed by atoms with Crippen LogP contribution < -0.4 is 10.5 Å². The molecule has 0 spiro atoms. The van der Waals surface area contributed by atoms with E-state index in [0.29, 0.717) is 18.8 Å². The van der Waals surface area contributed by atoms with Crippen LogP contribution in [0.3, 0.4) is 0 Å². The summed E-state index contributed by atoms with van der Waals surface area (Å²) in [6.45, 7) is 4.64. The van der Waals surface area contributed by atoms with E-state index in [9.17, 15) is 4.39 Å². The third kappa shape index (κ3) is 4.62. The average Bonchev–Trinajstić information content (AvgIpc) is 2.16. The molecule has 0 aliphatic carbocycles. The first kappa shape index (κ1) is 13.0. The van der Waals surface area contributed by atoms with Crippen LogP contribution in [0.25, 0.3) is 0 Å². The molecule has 90 valence electrons. The standard InChI is InChI=1S/C13H20FNO/c1-3-4-5-16-13-8-11(6-10(2)15)7-12(14)9-13/h7-10H,3-6,15H2,1-2H3. The number of nitrogens with two attached hydrogens (primary N) is 1. The highest BCUT2D eigenvalue weighted by molar-refractivity contribution is 5.30. The Morgan fingerprint density at radius 3 is 2.75 bits per heavy atom. The Hall–Kier alpha value is -1.09. The second-order valence-electron chi connectivity index (χ2n) is 4.18. The van der Waals surface area contributed by atoms with Crippen molar-refractivity contribution in [3.63, 3.8) is 0 Å². The molecule has 0 saturated carbocycles. The van der Waals surface area contributed by atoms with Gasteiger partial charge in [-0.05, 0) is 37.5 Å². The van der Waals surface area contributed by atoms with Crippen molar-refractivity contribution < 1.29 is 9.13 Å². The van der Waals surface area contributed by atoms with E-state index >= 15 is 0 Å². The highest BCUT2D eigenvalue weighted by Gasteiger charge is 2.04. The van der Waals surface area contributed by atoms with E-state index in [1.807, 2.05) is 13.0 Å². The van der Waals surface area contributed by atoms with Crippen LogP contribution in [0.1, 0.15) is 32.3 Å². The van der Waals surface area contributed by atoms with E-state index in [1.54, 1.807) is 0 Å². The van der Waals surface area contributed by atoms with Crippen molar-refractivity contribution in [1.82, 2.24) is 0 Å². The molecule has 1 atom stereocenters. The van der Waals surface area contributed by atoms with Gasteiger partial charge in [0.2, 0.25) is 0 Å². The third-order valence-corrected chi connectivity index (χ3v) is 2.26. The van der Waals surface area contributed by atoms with Gasteiger partial charge in [0.05, 0.1) is 6.61 Å². The fraction of sp³-hybridized carbons (Fsp3) is 0.538. The summed E-state index contributed by atoms with van der Waals surface area (Å²) in [5, 5.41) is 0. The van der Waals surface area contributed by atoms with Crippen LogP contribution in [-0.4, -0.2) is 12.6 Å². The molecule has 0 amide bonds. The lowest BCUT2D eigenvalue weighted by Crippen LogP contribution is -2.17. The molecule has 2 N–H and O–H groups in total. The Labute approximate surface area is 96.6 Å². The summed E-state index contributed by atoms with van der Waals surface area (Å²) in [6, 6.07) is 4.82. The maximum atomic E-state index is 13.3. The van der Waals surface area contributed by atoms with E-state index in [1.165, 1.54) is 12.1 Å². The Bertz CT molecular complexity index is 326. The molecule has 0 radical (unpaired) electrons. The fourth-order valence-electron chi connectivity index (χ4n) is 1.53. The molecule has 1 aromatic rings. The number of halogens is 1. The van der Waals surface area contributed by atoms with Gasteiger partial charge in [0.25, 0.3) is 0 Å². The molecule has 2 nitrogen and oxygen atoms in total. The van der Waals surface area contributed by atoms with Gasteiger partial charge < -0.3 is 10.5 Å². The van der Waals surface area contributed by atoms with E-state index in [0.717, 1.165) is 18.4 Å². The average molecular weight is 225 g/mol. The zero-order valence-electron chi connectivity index (χ0n) is 10.0. The van der Waals surface area contributed by atoms with Crippen molar-refractivity contribution in [2.75, 3.05) is 6.61 Å². The molecule has 0 bridgehead atoms. The molecule has 1 unspecified atom stereocenters. The number of unbranched alkanes of at least 4 members (excludes halogenated alkanes) is 1. The van der Waals surface area contributed by atoms with E-state index < -0.39 is 0 Å². The zero-order valence-corrected chi connectivity index (χ0v) is 10.0. The number of rotatable bonds is 6. The SMILES string of the molecule is CCCCOc1cc(F)cc(CC(C)N)c1. The van der Waals surface area contributed by atoms with Gasteiger partial charge >= 0.3 is 0 Å². The maximum absolute atomic E-state index is 13.3. The van der Waals surface area contributed by atoms with Crippen LogP contribution >= 0.6 is 0 Å². The molecule has 0 aliphatic rings. The van der Waals surface area contributed by atoms with Crippen molar-refractivity contribution in [3.05, 3.63) is 29.6 Å². The fourth-order valence-corrected chi connectivity index (χ4v) is 1.53. The number of hydrogen-bond donors (Lipinski definition) is 1. The smallest absolute Gasteiger partial charge is 0.127 e. The van der Waals surface area contributed by atoms with Crippen molar-refractivity contribution in [2.45, 2.75) is 39.2 Å². The molecule has 0 saturated heterocycles. The predicted octanol–water partition coefficient (Wildman–Crippen LogP) is 2.89. The van der Waals surface area contributed by atoms with Crippen LogP contribution in [-0.2, 0) is 6.42 Å². The van der Waals surface area contributed by atoms with Crippen molar-refractivity contribution in [3.8, 4) is 5.75 Å². The highest BCUT2D eigenvalue weighted by Crippen LogP contribution is 2.17. The second-order valence-corrected chi connectivity index (χ2v) is 4.18. The minimum atomic E-state index is -0.260. The molecule has 0 fully saturated rings. The van der Waals surface area contributed by atoms with Gasteiger partial charge in [-0.3, -0.25) is 0 Å². The Balaban J connectivity index is 2.65. The summed E-state index contributed by atoms with van der Waals surface area (Å²) in [5.41, 5.74) is 6.57. The third-order valence-electron chi connectivity index (χ3n) is 2.26. The Morgan fingerprint density at radius 1 is 1.38 bits per heavy atom. The van der Waals surface area contributed by atoms with Crippen molar-refractivity contribution >= 4 is 0 Å². The van der Waals surface area contributed by atoms with E-state index in [4.69, 9.17) is 10.5 Å². The minimum Gasteiger partial charge on any atom is -0.493 e. The lowest BCUT2D eigenvalue weighted by atomic mass is 10.1. The molecular weight excluding hydrogens is 205 g/mol. The summed E-state index contributed by atoms with van der Waals surface area (Å²) in [4.78, 5) is 0. The number of hydrogen-bond acceptors (Lipinski definition) is 2. The topological polar surface area (TPSA) is 35.2 Å². The largest absolute Gasteiger partial charge is 0.493 e. The summed E-state index contributed by atoms with van der Waals surface area (Å²) in [7, 11) is 0. The maximum Gasteiger partial charge on any atom is 0.127 e. The monoisotopic (exact) mass is 225 g/mol. The van der Waals surface area contributed by atoms with Crippen LogP contribution in [0.15, 0.2) is 18.2 Å².